The molecule has 4 rings (SSSR count). The summed E-state index contributed by atoms with van der Waals surface area (Å²) in [5.41, 5.74) is 7.29. The van der Waals surface area contributed by atoms with Crippen LogP contribution in [0, 0.1) is 0 Å². The number of nitrogens with zero attached hydrogens (tertiary/aromatic N) is 4. The zero-order valence-corrected chi connectivity index (χ0v) is 20.9. The molecule has 0 amide bonds. The van der Waals surface area contributed by atoms with E-state index in [0.717, 1.165) is 26.2 Å². The molecule has 0 unspecified atom stereocenters. The molecule has 0 aliphatic carbocycles. The van der Waals surface area contributed by atoms with Crippen LogP contribution in [0.3, 0.4) is 0 Å². The summed E-state index contributed by atoms with van der Waals surface area (Å²) in [5.74, 6) is 0. The third kappa shape index (κ3) is 5.12. The maximum absolute atomic E-state index is 2.36. The van der Waals surface area contributed by atoms with Gasteiger partial charge in [-0.05, 0) is 63.1 Å². The lowest BCUT2D eigenvalue weighted by Crippen LogP contribution is -2.30. The Kier molecular flexibility index (Phi) is 7.58. The average Bonchev–Trinajstić information content (AvgIpc) is 2.91. The molecule has 0 aliphatic heterocycles. The van der Waals surface area contributed by atoms with E-state index in [1.165, 1.54) is 33.9 Å². The van der Waals surface area contributed by atoms with Gasteiger partial charge in [-0.1, -0.05) is 0 Å². The molecule has 2 aromatic heterocycles. The van der Waals surface area contributed by atoms with Gasteiger partial charge in [-0.3, -0.25) is 0 Å². The summed E-state index contributed by atoms with van der Waals surface area (Å²) in [6, 6.07) is 26.3. The van der Waals surface area contributed by atoms with Crippen LogP contribution >= 0.6 is 0 Å². The van der Waals surface area contributed by atoms with Crippen molar-refractivity contribution in [2.24, 2.45) is 0 Å². The fourth-order valence-corrected chi connectivity index (χ4v) is 4.43. The lowest BCUT2D eigenvalue weighted by atomic mass is 10.1. The molecule has 2 heterocycles. The maximum Gasteiger partial charge on any atom is 0.210 e. The van der Waals surface area contributed by atoms with Gasteiger partial charge in [0.2, 0.25) is 11.4 Å². The molecule has 4 aromatic rings. The van der Waals surface area contributed by atoms with E-state index in [2.05, 4.69) is 144 Å². The molecule has 34 heavy (non-hydrogen) atoms. The van der Waals surface area contributed by atoms with Crippen molar-refractivity contribution in [2.45, 2.75) is 27.7 Å². The highest BCUT2D eigenvalue weighted by molar-refractivity contribution is 5.61. The normalized spacial score (nSPS) is 10.8. The first-order valence-electron chi connectivity index (χ1n) is 12.4. The van der Waals surface area contributed by atoms with E-state index in [4.69, 9.17) is 0 Å². The first-order valence-corrected chi connectivity index (χ1v) is 12.4. The highest BCUT2D eigenvalue weighted by atomic mass is 15.1. The summed E-state index contributed by atoms with van der Waals surface area (Å²) < 4.78 is 4.33. The molecule has 0 radical (unpaired) electrons. The van der Waals surface area contributed by atoms with Crippen molar-refractivity contribution in [1.82, 2.24) is 0 Å². The van der Waals surface area contributed by atoms with Gasteiger partial charge in [0.05, 0.1) is 0 Å². The van der Waals surface area contributed by atoms with Gasteiger partial charge in [0.25, 0.3) is 0 Å². The van der Waals surface area contributed by atoms with Crippen molar-refractivity contribution in [1.29, 1.82) is 0 Å². The van der Waals surface area contributed by atoms with Crippen molar-refractivity contribution in [3.8, 4) is 22.5 Å². The lowest BCUT2D eigenvalue weighted by Gasteiger charge is -2.20. The monoisotopic (exact) mass is 452 g/mol. The number of anilines is 2. The van der Waals surface area contributed by atoms with Crippen molar-refractivity contribution < 1.29 is 9.13 Å². The van der Waals surface area contributed by atoms with Gasteiger partial charge in [-0.25, -0.2) is 0 Å². The van der Waals surface area contributed by atoms with Gasteiger partial charge < -0.3 is 9.80 Å². The minimum atomic E-state index is 1.02. The van der Waals surface area contributed by atoms with Crippen LogP contribution in [-0.4, -0.2) is 26.2 Å². The molecule has 0 spiro atoms. The minimum Gasteiger partial charge on any atom is -0.372 e. The van der Waals surface area contributed by atoms with E-state index in [9.17, 15) is 0 Å². The van der Waals surface area contributed by atoms with Crippen molar-refractivity contribution in [3.63, 3.8) is 0 Å². The summed E-state index contributed by atoms with van der Waals surface area (Å²) in [5, 5.41) is 0. The second kappa shape index (κ2) is 11.0. The van der Waals surface area contributed by atoms with Gasteiger partial charge in [0.1, 0.15) is 0 Å². The summed E-state index contributed by atoms with van der Waals surface area (Å²) >= 11 is 0. The highest BCUT2D eigenvalue weighted by Crippen LogP contribution is 2.19. The van der Waals surface area contributed by atoms with Gasteiger partial charge in [-0.2, -0.15) is 9.13 Å². The largest absolute Gasteiger partial charge is 0.372 e. The van der Waals surface area contributed by atoms with E-state index in [-0.39, 0.29) is 0 Å². The predicted octanol–water partition coefficient (Wildman–Crippen LogP) is 5.60. The summed E-state index contributed by atoms with van der Waals surface area (Å²) in [4.78, 5) is 4.72. The van der Waals surface area contributed by atoms with Crippen LogP contribution in [0.15, 0.2) is 97.6 Å². The van der Waals surface area contributed by atoms with Crippen LogP contribution in [-0.2, 0) is 0 Å². The summed E-state index contributed by atoms with van der Waals surface area (Å²) in [7, 11) is 0. The molecule has 0 saturated heterocycles. The maximum atomic E-state index is 2.36. The Balaban J connectivity index is 1.47. The predicted molar refractivity (Wildman–Crippen MR) is 142 cm³/mol. The van der Waals surface area contributed by atoms with Crippen LogP contribution in [0.4, 0.5) is 11.4 Å². The van der Waals surface area contributed by atoms with Gasteiger partial charge in [0, 0.05) is 86.1 Å². The van der Waals surface area contributed by atoms with Crippen LogP contribution in [0.25, 0.3) is 22.5 Å². The van der Waals surface area contributed by atoms with Crippen molar-refractivity contribution >= 4 is 11.4 Å². The van der Waals surface area contributed by atoms with Gasteiger partial charge in [0.15, 0.2) is 24.8 Å². The zero-order chi connectivity index (χ0) is 23.9. The molecular weight excluding hydrogens is 416 g/mol. The molecule has 4 nitrogen and oxygen atoms in total. The topological polar surface area (TPSA) is 14.2 Å². The second-order valence-electron chi connectivity index (χ2n) is 8.37. The Labute approximate surface area is 204 Å². The van der Waals surface area contributed by atoms with Gasteiger partial charge >= 0.3 is 0 Å². The molecule has 0 fully saturated rings. The van der Waals surface area contributed by atoms with E-state index >= 15 is 0 Å². The summed E-state index contributed by atoms with van der Waals surface area (Å²) in [6.07, 6.45) is 8.53. The average molecular weight is 453 g/mol. The number of rotatable bonds is 9. The SMILES string of the molecule is CCN(CC)c1ccc(-[n+]2ccc(-c3cc[n+](-c4ccc(N(CC)CC)cc4)cc3)cc2)cc1. The molecule has 174 valence electrons. The van der Waals surface area contributed by atoms with Crippen LogP contribution in [0.5, 0.6) is 0 Å². The fraction of sp³-hybridized carbons (Fsp3) is 0.267. The minimum absolute atomic E-state index is 1.02. The van der Waals surface area contributed by atoms with E-state index < -0.39 is 0 Å². The van der Waals surface area contributed by atoms with Crippen molar-refractivity contribution in [2.75, 3.05) is 36.0 Å². The molecule has 0 N–H and O–H groups in total. The smallest absolute Gasteiger partial charge is 0.210 e. The second-order valence-corrected chi connectivity index (χ2v) is 8.37. The molecule has 0 saturated carbocycles. The Morgan fingerprint density at radius 3 is 1.00 bits per heavy atom. The fourth-order valence-electron chi connectivity index (χ4n) is 4.43. The Morgan fingerprint density at radius 2 is 0.735 bits per heavy atom. The van der Waals surface area contributed by atoms with Crippen LogP contribution in [0.1, 0.15) is 27.7 Å². The number of hydrogen-bond acceptors (Lipinski definition) is 2. The molecule has 4 heteroatoms. The lowest BCUT2D eigenvalue weighted by molar-refractivity contribution is -0.596. The standard InChI is InChI=1S/C30H36N4/c1-5-31(6-2)27-9-13-29(14-10-27)33-21-17-25(18-22-33)26-19-23-34(24-20-26)30-15-11-28(12-16-30)32(7-3)8-4/h9-24H,5-8H2,1-4H3/q+2. The number of hydrogen-bond donors (Lipinski definition) is 0. The molecule has 2 aromatic carbocycles. The number of pyridine rings is 2. The quantitative estimate of drug-likeness (QED) is 0.307. The Hall–Kier alpha value is -3.66. The molecule has 0 bridgehead atoms. The summed E-state index contributed by atoms with van der Waals surface area (Å²) in [6.45, 7) is 12.9. The van der Waals surface area contributed by atoms with Crippen LogP contribution in [0.2, 0.25) is 0 Å². The Morgan fingerprint density at radius 1 is 0.441 bits per heavy atom. The van der Waals surface area contributed by atoms with E-state index in [0.29, 0.717) is 0 Å². The molecule has 0 atom stereocenters. The third-order valence-electron chi connectivity index (χ3n) is 6.54. The number of benzene rings is 2. The number of aromatic nitrogens is 2. The first-order chi connectivity index (χ1) is 16.7. The zero-order valence-electron chi connectivity index (χ0n) is 20.9. The van der Waals surface area contributed by atoms with E-state index in [1.807, 2.05) is 0 Å². The Bertz CT molecular complexity index is 1060. The first kappa shape index (κ1) is 23.5. The van der Waals surface area contributed by atoms with Crippen molar-refractivity contribution in [3.05, 3.63) is 97.6 Å². The van der Waals surface area contributed by atoms with Crippen LogP contribution < -0.4 is 18.9 Å². The highest BCUT2D eigenvalue weighted by Gasteiger charge is 2.11. The molecule has 0 aliphatic rings. The molecular formula is C30H36N4+2. The third-order valence-corrected chi connectivity index (χ3v) is 6.54. The van der Waals surface area contributed by atoms with Gasteiger partial charge in [-0.15, -0.1) is 0 Å². The van der Waals surface area contributed by atoms with E-state index in [1.54, 1.807) is 0 Å².